The molecule has 0 radical (unpaired) electrons. The Balaban J connectivity index is 4.15. The molecule has 0 fully saturated rings. The van der Waals surface area contributed by atoms with Crippen molar-refractivity contribution in [2.75, 3.05) is 12.5 Å². The molecule has 0 unspecified atom stereocenters. The van der Waals surface area contributed by atoms with Gasteiger partial charge in [-0.2, -0.15) is 0 Å². The summed E-state index contributed by atoms with van der Waals surface area (Å²) in [7, 11) is 0. The number of rotatable bonds is 5. The molecule has 2 nitrogen and oxygen atoms in total. The minimum atomic E-state index is -3.27. The summed E-state index contributed by atoms with van der Waals surface area (Å²) >= 11 is 16.2. The van der Waals surface area contributed by atoms with Gasteiger partial charge in [-0.15, -0.1) is 11.6 Å². The summed E-state index contributed by atoms with van der Waals surface area (Å²) in [5, 5.41) is 0.237. The standard InChI is InChI=1S/C6H10Cl3O2P/c1-2-3-11-5-6(4-7)12(8,9)10/h5H,2-4H2,1H3. The predicted octanol–water partition coefficient (Wildman–Crippen LogP) is 4.16. The second-order valence-electron chi connectivity index (χ2n) is 2.08. The third-order valence-electron chi connectivity index (χ3n) is 1.01. The normalized spacial score (nSPS) is 13.2. The molecule has 0 aliphatic heterocycles. The lowest BCUT2D eigenvalue weighted by Crippen LogP contribution is -1.87. The first-order valence-electron chi connectivity index (χ1n) is 3.39. The van der Waals surface area contributed by atoms with Gasteiger partial charge in [-0.05, 0) is 28.9 Å². The van der Waals surface area contributed by atoms with Crippen molar-refractivity contribution in [1.29, 1.82) is 0 Å². The molecule has 6 heteroatoms. The van der Waals surface area contributed by atoms with Gasteiger partial charge in [0.1, 0.15) is 0 Å². The van der Waals surface area contributed by atoms with E-state index in [-0.39, 0.29) is 11.2 Å². The average Bonchev–Trinajstić information content (AvgIpc) is 1.95. The van der Waals surface area contributed by atoms with E-state index in [0.717, 1.165) is 6.42 Å². The molecule has 0 aliphatic carbocycles. The van der Waals surface area contributed by atoms with Crippen molar-refractivity contribution in [3.8, 4) is 0 Å². The Morgan fingerprint density at radius 1 is 1.58 bits per heavy atom. The van der Waals surface area contributed by atoms with Crippen molar-refractivity contribution in [1.82, 2.24) is 0 Å². The molecule has 0 rings (SSSR count). The lowest BCUT2D eigenvalue weighted by atomic mass is 10.5. The van der Waals surface area contributed by atoms with Gasteiger partial charge in [0, 0.05) is 0 Å². The SMILES string of the molecule is CCCOC=C(CCl)P(=O)(Cl)Cl. The lowest BCUT2D eigenvalue weighted by molar-refractivity contribution is 0.248. The van der Waals surface area contributed by atoms with Gasteiger partial charge in [-0.3, -0.25) is 4.57 Å². The van der Waals surface area contributed by atoms with E-state index < -0.39 is 5.85 Å². The number of hydrogen-bond donors (Lipinski definition) is 0. The largest absolute Gasteiger partial charge is 0.501 e. The molecule has 0 saturated carbocycles. The lowest BCUT2D eigenvalue weighted by Gasteiger charge is -2.04. The van der Waals surface area contributed by atoms with Gasteiger partial charge in [0.05, 0.1) is 24.1 Å². The summed E-state index contributed by atoms with van der Waals surface area (Å²) in [4.78, 5) is 0. The van der Waals surface area contributed by atoms with Crippen LogP contribution in [0.5, 0.6) is 0 Å². The number of hydrogen-bond acceptors (Lipinski definition) is 2. The summed E-state index contributed by atoms with van der Waals surface area (Å²) < 4.78 is 16.0. The van der Waals surface area contributed by atoms with Crippen molar-refractivity contribution < 1.29 is 9.30 Å². The molecule has 0 aromatic heterocycles. The zero-order chi connectivity index (χ0) is 9.61. The van der Waals surface area contributed by atoms with Crippen LogP contribution in [0.3, 0.4) is 0 Å². The molecular weight excluding hydrogens is 241 g/mol. The van der Waals surface area contributed by atoms with Crippen LogP contribution in [-0.4, -0.2) is 12.5 Å². The Morgan fingerprint density at radius 2 is 2.17 bits per heavy atom. The first-order chi connectivity index (χ1) is 5.52. The van der Waals surface area contributed by atoms with E-state index in [1.54, 1.807) is 0 Å². The average molecular weight is 251 g/mol. The Kier molecular flexibility index (Phi) is 6.48. The van der Waals surface area contributed by atoms with Gasteiger partial charge in [-0.25, -0.2) is 0 Å². The second kappa shape index (κ2) is 6.15. The van der Waals surface area contributed by atoms with E-state index in [1.807, 2.05) is 6.92 Å². The molecule has 0 N–H and O–H groups in total. The summed E-state index contributed by atoms with van der Waals surface area (Å²) in [6.45, 7) is 2.49. The van der Waals surface area contributed by atoms with Crippen LogP contribution in [-0.2, 0) is 9.30 Å². The van der Waals surface area contributed by atoms with Crippen molar-refractivity contribution >= 4 is 39.9 Å². The number of allylic oxidation sites excluding steroid dienone is 1. The predicted molar refractivity (Wildman–Crippen MR) is 54.4 cm³/mol. The maximum atomic E-state index is 11.0. The van der Waals surface area contributed by atoms with Gasteiger partial charge in [0.25, 0.3) is 5.85 Å². The minimum Gasteiger partial charge on any atom is -0.501 e. The maximum absolute atomic E-state index is 11.0. The smallest absolute Gasteiger partial charge is 0.282 e. The van der Waals surface area contributed by atoms with Crippen LogP contribution in [0.1, 0.15) is 13.3 Å². The highest BCUT2D eigenvalue weighted by atomic mass is 35.9. The highest BCUT2D eigenvalue weighted by Crippen LogP contribution is 2.63. The zero-order valence-corrected chi connectivity index (χ0v) is 9.76. The van der Waals surface area contributed by atoms with E-state index in [0.29, 0.717) is 6.61 Å². The second-order valence-corrected chi connectivity index (χ2v) is 7.22. The quantitative estimate of drug-likeness (QED) is 0.317. The van der Waals surface area contributed by atoms with Gasteiger partial charge < -0.3 is 4.74 Å². The Hall–Kier alpha value is 0.640. The van der Waals surface area contributed by atoms with E-state index in [9.17, 15) is 4.57 Å². The molecule has 0 aliphatic rings. The third kappa shape index (κ3) is 5.31. The van der Waals surface area contributed by atoms with Crippen LogP contribution in [0.2, 0.25) is 0 Å². The zero-order valence-electron chi connectivity index (χ0n) is 6.60. The number of alkyl halides is 1. The van der Waals surface area contributed by atoms with Crippen molar-refractivity contribution in [2.45, 2.75) is 13.3 Å². The first-order valence-corrected chi connectivity index (χ1v) is 7.44. The summed E-state index contributed by atoms with van der Waals surface area (Å²) in [5.74, 6) is -3.25. The van der Waals surface area contributed by atoms with Gasteiger partial charge in [-0.1, -0.05) is 6.92 Å². The molecule has 0 amide bonds. The van der Waals surface area contributed by atoms with Crippen molar-refractivity contribution in [3.63, 3.8) is 0 Å². The van der Waals surface area contributed by atoms with Crippen molar-refractivity contribution in [3.05, 3.63) is 11.6 Å². The molecule has 0 atom stereocenters. The van der Waals surface area contributed by atoms with Gasteiger partial charge in [0.15, 0.2) is 0 Å². The molecule has 0 aromatic rings. The molecule has 0 aromatic carbocycles. The molecule has 12 heavy (non-hydrogen) atoms. The Bertz CT molecular complexity index is 199. The van der Waals surface area contributed by atoms with Crippen LogP contribution in [0.4, 0.5) is 0 Å². The highest BCUT2D eigenvalue weighted by Gasteiger charge is 2.20. The first kappa shape index (κ1) is 12.6. The molecule has 0 spiro atoms. The number of halogens is 3. The van der Waals surface area contributed by atoms with Crippen molar-refractivity contribution in [2.24, 2.45) is 0 Å². The monoisotopic (exact) mass is 250 g/mol. The van der Waals surface area contributed by atoms with E-state index >= 15 is 0 Å². The summed E-state index contributed by atoms with van der Waals surface area (Å²) in [6.07, 6.45) is 2.14. The minimum absolute atomic E-state index is 0.0218. The fourth-order valence-corrected chi connectivity index (χ4v) is 2.30. The maximum Gasteiger partial charge on any atom is 0.282 e. The summed E-state index contributed by atoms with van der Waals surface area (Å²) in [6, 6.07) is 0. The Morgan fingerprint density at radius 3 is 2.50 bits per heavy atom. The molecule has 0 saturated heterocycles. The van der Waals surface area contributed by atoms with Crippen LogP contribution >= 0.6 is 39.9 Å². The molecule has 0 heterocycles. The van der Waals surface area contributed by atoms with Gasteiger partial charge in [0.2, 0.25) is 0 Å². The Labute approximate surface area is 86.8 Å². The van der Waals surface area contributed by atoms with Gasteiger partial charge >= 0.3 is 0 Å². The molecule has 0 bridgehead atoms. The van der Waals surface area contributed by atoms with E-state index in [1.165, 1.54) is 6.26 Å². The van der Waals surface area contributed by atoms with Crippen LogP contribution < -0.4 is 0 Å². The fourth-order valence-electron chi connectivity index (χ4n) is 0.435. The summed E-state index contributed by atoms with van der Waals surface area (Å²) in [5.41, 5.74) is 0. The van der Waals surface area contributed by atoms with Crippen LogP contribution in [0.25, 0.3) is 0 Å². The van der Waals surface area contributed by atoms with E-state index in [2.05, 4.69) is 0 Å². The third-order valence-corrected chi connectivity index (χ3v) is 3.72. The molecular formula is C6H10Cl3O2P. The van der Waals surface area contributed by atoms with Crippen LogP contribution in [0.15, 0.2) is 11.6 Å². The molecule has 72 valence electrons. The van der Waals surface area contributed by atoms with E-state index in [4.69, 9.17) is 38.8 Å². The van der Waals surface area contributed by atoms with Crippen LogP contribution in [0, 0.1) is 0 Å². The topological polar surface area (TPSA) is 26.3 Å². The fraction of sp³-hybridized carbons (Fsp3) is 0.667. The highest BCUT2D eigenvalue weighted by molar-refractivity contribution is 8.11. The number of ether oxygens (including phenoxy) is 1.